The van der Waals surface area contributed by atoms with E-state index in [0.29, 0.717) is 16.9 Å². The molecule has 0 bridgehead atoms. The van der Waals surface area contributed by atoms with Gasteiger partial charge in [0.1, 0.15) is 0 Å². The summed E-state index contributed by atoms with van der Waals surface area (Å²) in [6, 6.07) is 8.29. The van der Waals surface area contributed by atoms with Crippen molar-refractivity contribution in [3.05, 3.63) is 47.3 Å². The molecule has 150 valence electrons. The fraction of sp³-hybridized carbons (Fsp3) is 0.400. The molecule has 0 fully saturated rings. The van der Waals surface area contributed by atoms with Crippen LogP contribution in [-0.4, -0.2) is 39.7 Å². The lowest BCUT2D eigenvalue weighted by molar-refractivity contribution is -0.153. The minimum Gasteiger partial charge on any atom is -0.452 e. The fourth-order valence-electron chi connectivity index (χ4n) is 2.68. The largest absolute Gasteiger partial charge is 0.452 e. The summed E-state index contributed by atoms with van der Waals surface area (Å²) >= 11 is 0. The van der Waals surface area contributed by atoms with E-state index in [1.165, 1.54) is 6.92 Å². The summed E-state index contributed by atoms with van der Waals surface area (Å²) in [4.78, 5) is 36.5. The molecule has 0 aliphatic rings. The van der Waals surface area contributed by atoms with E-state index >= 15 is 0 Å². The van der Waals surface area contributed by atoms with Crippen LogP contribution >= 0.6 is 0 Å². The number of rotatable bonds is 7. The van der Waals surface area contributed by atoms with E-state index in [4.69, 9.17) is 4.74 Å². The molecule has 2 unspecified atom stereocenters. The predicted octanol–water partition coefficient (Wildman–Crippen LogP) is 2.12. The van der Waals surface area contributed by atoms with E-state index in [1.807, 2.05) is 13.0 Å². The van der Waals surface area contributed by atoms with Crippen molar-refractivity contribution >= 4 is 23.5 Å². The Kier molecular flexibility index (Phi) is 6.92. The summed E-state index contributed by atoms with van der Waals surface area (Å²) in [5.74, 6) is -1.27. The number of carbonyl (C=O) groups is 3. The highest BCUT2D eigenvalue weighted by molar-refractivity contribution is 5.96. The summed E-state index contributed by atoms with van der Waals surface area (Å²) in [7, 11) is 1.78. The summed E-state index contributed by atoms with van der Waals surface area (Å²) < 4.78 is 6.86. The van der Waals surface area contributed by atoms with Crippen LogP contribution in [0.25, 0.3) is 0 Å². The standard InChI is InChI=1S/C20H26N4O4/c1-12(21-20(27)16-9-7-6-8-10-16)11-17(25)28-15(4)19(26)22-18-13(2)23-24(5)14(18)3/h6-10,12,15H,11H2,1-5H3,(H,21,27)(H,22,26). The maximum atomic E-state index is 12.3. The number of hydrogen-bond acceptors (Lipinski definition) is 5. The fourth-order valence-corrected chi connectivity index (χ4v) is 2.68. The molecular weight excluding hydrogens is 360 g/mol. The number of carbonyl (C=O) groups excluding carboxylic acids is 3. The van der Waals surface area contributed by atoms with Crippen molar-refractivity contribution in [3.63, 3.8) is 0 Å². The van der Waals surface area contributed by atoms with E-state index in [9.17, 15) is 14.4 Å². The van der Waals surface area contributed by atoms with Crippen LogP contribution in [0.5, 0.6) is 0 Å². The first kappa shape index (κ1) is 21.1. The molecule has 2 amide bonds. The number of nitrogens with one attached hydrogen (secondary N) is 2. The normalized spacial score (nSPS) is 12.8. The molecule has 1 heterocycles. The molecule has 0 saturated heterocycles. The second-order valence-corrected chi connectivity index (χ2v) is 6.74. The zero-order chi connectivity index (χ0) is 20.8. The highest BCUT2D eigenvalue weighted by Crippen LogP contribution is 2.18. The Morgan fingerprint density at radius 2 is 1.79 bits per heavy atom. The average Bonchev–Trinajstić information content (AvgIpc) is 2.88. The highest BCUT2D eigenvalue weighted by Gasteiger charge is 2.22. The van der Waals surface area contributed by atoms with Crippen LogP contribution in [0, 0.1) is 13.8 Å². The maximum Gasteiger partial charge on any atom is 0.308 e. The van der Waals surface area contributed by atoms with Crippen molar-refractivity contribution in [1.82, 2.24) is 15.1 Å². The van der Waals surface area contributed by atoms with Gasteiger partial charge in [0, 0.05) is 18.7 Å². The number of aryl methyl sites for hydroxylation is 2. The van der Waals surface area contributed by atoms with Crippen LogP contribution in [0.15, 0.2) is 30.3 Å². The molecule has 28 heavy (non-hydrogen) atoms. The van der Waals surface area contributed by atoms with Gasteiger partial charge >= 0.3 is 5.97 Å². The second kappa shape index (κ2) is 9.16. The van der Waals surface area contributed by atoms with Crippen LogP contribution in [0.2, 0.25) is 0 Å². The number of esters is 1. The van der Waals surface area contributed by atoms with Crippen molar-refractivity contribution in [2.75, 3.05) is 5.32 Å². The highest BCUT2D eigenvalue weighted by atomic mass is 16.5. The topological polar surface area (TPSA) is 102 Å². The van der Waals surface area contributed by atoms with Gasteiger partial charge in [-0.05, 0) is 39.8 Å². The molecule has 2 atom stereocenters. The molecule has 2 aromatic rings. The van der Waals surface area contributed by atoms with Gasteiger partial charge in [0.25, 0.3) is 11.8 Å². The molecule has 1 aromatic heterocycles. The third-order valence-corrected chi connectivity index (χ3v) is 4.32. The predicted molar refractivity (Wildman–Crippen MR) is 105 cm³/mol. The Balaban J connectivity index is 1.84. The molecule has 0 radical (unpaired) electrons. The number of amides is 2. The molecule has 0 aliphatic heterocycles. The molecule has 1 aromatic carbocycles. The minimum atomic E-state index is -0.969. The van der Waals surface area contributed by atoms with Crippen LogP contribution in [0.4, 0.5) is 5.69 Å². The summed E-state index contributed by atoms with van der Waals surface area (Å²) in [5.41, 5.74) is 2.61. The zero-order valence-electron chi connectivity index (χ0n) is 16.8. The van der Waals surface area contributed by atoms with Gasteiger partial charge in [-0.1, -0.05) is 18.2 Å². The van der Waals surface area contributed by atoms with Gasteiger partial charge in [0.05, 0.1) is 23.5 Å². The summed E-state index contributed by atoms with van der Waals surface area (Å²) in [6.07, 6.45) is -1.01. The zero-order valence-corrected chi connectivity index (χ0v) is 16.8. The lowest BCUT2D eigenvalue weighted by Crippen LogP contribution is -2.36. The Morgan fingerprint density at radius 3 is 2.36 bits per heavy atom. The SMILES string of the molecule is Cc1nn(C)c(C)c1NC(=O)C(C)OC(=O)CC(C)NC(=O)c1ccccc1. The van der Waals surface area contributed by atoms with E-state index < -0.39 is 24.0 Å². The number of anilines is 1. The maximum absolute atomic E-state index is 12.3. The van der Waals surface area contributed by atoms with Gasteiger partial charge < -0.3 is 15.4 Å². The monoisotopic (exact) mass is 386 g/mol. The van der Waals surface area contributed by atoms with E-state index in [-0.39, 0.29) is 12.3 Å². The number of ether oxygens (including phenoxy) is 1. The molecule has 2 N–H and O–H groups in total. The molecular formula is C20H26N4O4. The van der Waals surface area contributed by atoms with Gasteiger partial charge in [0.15, 0.2) is 6.10 Å². The summed E-state index contributed by atoms with van der Waals surface area (Å²) in [6.45, 7) is 6.83. The lowest BCUT2D eigenvalue weighted by atomic mass is 10.2. The van der Waals surface area contributed by atoms with E-state index in [1.54, 1.807) is 49.8 Å². The molecule has 0 saturated carbocycles. The van der Waals surface area contributed by atoms with Crippen molar-refractivity contribution in [3.8, 4) is 0 Å². The van der Waals surface area contributed by atoms with Gasteiger partial charge in [-0.3, -0.25) is 19.1 Å². The van der Waals surface area contributed by atoms with Gasteiger partial charge in [-0.25, -0.2) is 0 Å². The number of benzene rings is 1. The van der Waals surface area contributed by atoms with E-state index in [0.717, 1.165) is 5.69 Å². The smallest absolute Gasteiger partial charge is 0.308 e. The lowest BCUT2D eigenvalue weighted by Gasteiger charge is -2.17. The number of aromatic nitrogens is 2. The number of hydrogen-bond donors (Lipinski definition) is 2. The third-order valence-electron chi connectivity index (χ3n) is 4.32. The van der Waals surface area contributed by atoms with Crippen molar-refractivity contribution in [2.45, 2.75) is 46.3 Å². The van der Waals surface area contributed by atoms with Crippen molar-refractivity contribution in [2.24, 2.45) is 7.05 Å². The Morgan fingerprint density at radius 1 is 1.14 bits per heavy atom. The number of nitrogens with zero attached hydrogens (tertiary/aromatic N) is 2. The van der Waals surface area contributed by atoms with Crippen LogP contribution in [0.1, 0.15) is 42.0 Å². The Labute approximate surface area is 164 Å². The van der Waals surface area contributed by atoms with Gasteiger partial charge in [-0.2, -0.15) is 5.10 Å². The first-order chi connectivity index (χ1) is 13.2. The first-order valence-corrected chi connectivity index (χ1v) is 9.05. The van der Waals surface area contributed by atoms with Crippen molar-refractivity contribution in [1.29, 1.82) is 0 Å². The third kappa shape index (κ3) is 5.42. The van der Waals surface area contributed by atoms with Crippen LogP contribution in [-0.2, 0) is 21.4 Å². The van der Waals surface area contributed by atoms with Crippen LogP contribution < -0.4 is 10.6 Å². The van der Waals surface area contributed by atoms with E-state index in [2.05, 4.69) is 15.7 Å². The van der Waals surface area contributed by atoms with Gasteiger partial charge in [-0.15, -0.1) is 0 Å². The van der Waals surface area contributed by atoms with Crippen LogP contribution in [0.3, 0.4) is 0 Å². The molecule has 0 spiro atoms. The quantitative estimate of drug-likeness (QED) is 0.710. The Bertz CT molecular complexity index is 861. The molecule has 8 heteroatoms. The van der Waals surface area contributed by atoms with Gasteiger partial charge in [0.2, 0.25) is 0 Å². The summed E-state index contributed by atoms with van der Waals surface area (Å²) in [5, 5.41) is 9.71. The first-order valence-electron chi connectivity index (χ1n) is 9.05. The van der Waals surface area contributed by atoms with Crippen molar-refractivity contribution < 1.29 is 19.1 Å². The minimum absolute atomic E-state index is 0.0405. The average molecular weight is 386 g/mol. The molecule has 2 rings (SSSR count). The second-order valence-electron chi connectivity index (χ2n) is 6.74. The Hall–Kier alpha value is -3.16. The molecule has 8 nitrogen and oxygen atoms in total. The molecule has 0 aliphatic carbocycles.